The molecule has 2 heteroatoms. The molecular weight excluding hydrogens is 174 g/mol. The monoisotopic (exact) mass is 191 g/mol. The standard InChI is InChI=1S/C12H17NO/c1-9-5-4-6-10(12(9)14)11-7-2-3-8-13-11/h4-6,11,13-14H,2-3,7-8H2,1H3/t11-/m0/s1. The van der Waals surface area contributed by atoms with Crippen molar-refractivity contribution in [3.8, 4) is 5.75 Å². The van der Waals surface area contributed by atoms with Gasteiger partial charge in [-0.05, 0) is 31.9 Å². The number of nitrogens with one attached hydrogen (secondary N) is 1. The molecule has 1 aromatic rings. The van der Waals surface area contributed by atoms with Crippen molar-refractivity contribution in [2.45, 2.75) is 32.2 Å². The van der Waals surface area contributed by atoms with Crippen LogP contribution in [-0.4, -0.2) is 11.7 Å². The number of rotatable bonds is 1. The Bertz CT molecular complexity index is 316. The predicted molar refractivity (Wildman–Crippen MR) is 57.4 cm³/mol. The van der Waals surface area contributed by atoms with Gasteiger partial charge in [-0.3, -0.25) is 0 Å². The van der Waals surface area contributed by atoms with Gasteiger partial charge in [-0.2, -0.15) is 0 Å². The van der Waals surface area contributed by atoms with Crippen LogP contribution in [0, 0.1) is 6.92 Å². The van der Waals surface area contributed by atoms with Crippen LogP contribution in [0.2, 0.25) is 0 Å². The molecule has 76 valence electrons. The summed E-state index contributed by atoms with van der Waals surface area (Å²) >= 11 is 0. The fourth-order valence-corrected chi connectivity index (χ4v) is 2.08. The Balaban J connectivity index is 2.26. The largest absolute Gasteiger partial charge is 0.507 e. The van der Waals surface area contributed by atoms with E-state index in [0.29, 0.717) is 11.8 Å². The third-order valence-electron chi connectivity index (χ3n) is 2.95. The lowest BCUT2D eigenvalue weighted by atomic mass is 9.95. The number of hydrogen-bond donors (Lipinski definition) is 2. The fraction of sp³-hybridized carbons (Fsp3) is 0.500. The van der Waals surface area contributed by atoms with Crippen molar-refractivity contribution in [2.24, 2.45) is 0 Å². The molecule has 1 aliphatic rings. The summed E-state index contributed by atoms with van der Waals surface area (Å²) in [6, 6.07) is 6.33. The molecule has 1 atom stereocenters. The normalized spacial score (nSPS) is 22.2. The summed E-state index contributed by atoms with van der Waals surface area (Å²) in [5.74, 6) is 0.465. The summed E-state index contributed by atoms with van der Waals surface area (Å²) in [5, 5.41) is 13.4. The Kier molecular flexibility index (Phi) is 2.73. The lowest BCUT2D eigenvalue weighted by molar-refractivity contribution is 0.389. The van der Waals surface area contributed by atoms with E-state index in [0.717, 1.165) is 24.1 Å². The fourth-order valence-electron chi connectivity index (χ4n) is 2.08. The van der Waals surface area contributed by atoms with Crippen LogP contribution in [0.25, 0.3) is 0 Å². The number of piperidine rings is 1. The highest BCUT2D eigenvalue weighted by molar-refractivity contribution is 5.41. The molecule has 2 rings (SSSR count). The lowest BCUT2D eigenvalue weighted by Crippen LogP contribution is -2.26. The van der Waals surface area contributed by atoms with Crippen molar-refractivity contribution < 1.29 is 5.11 Å². The first-order chi connectivity index (χ1) is 6.79. The summed E-state index contributed by atoms with van der Waals surface area (Å²) in [7, 11) is 0. The second-order valence-corrected chi connectivity index (χ2v) is 4.02. The first kappa shape index (κ1) is 9.53. The molecule has 0 amide bonds. The van der Waals surface area contributed by atoms with Crippen molar-refractivity contribution in [1.29, 1.82) is 0 Å². The van der Waals surface area contributed by atoms with E-state index in [4.69, 9.17) is 0 Å². The minimum absolute atomic E-state index is 0.351. The van der Waals surface area contributed by atoms with Gasteiger partial charge in [0, 0.05) is 11.6 Å². The van der Waals surface area contributed by atoms with Gasteiger partial charge in [0.2, 0.25) is 0 Å². The molecule has 0 aromatic heterocycles. The summed E-state index contributed by atoms with van der Waals surface area (Å²) in [6.45, 7) is 3.01. The van der Waals surface area contributed by atoms with Gasteiger partial charge >= 0.3 is 0 Å². The van der Waals surface area contributed by atoms with Crippen LogP contribution in [0.4, 0.5) is 0 Å². The van der Waals surface area contributed by atoms with E-state index in [-0.39, 0.29) is 0 Å². The Morgan fingerprint density at radius 2 is 2.21 bits per heavy atom. The Hall–Kier alpha value is -1.02. The zero-order valence-corrected chi connectivity index (χ0v) is 8.59. The van der Waals surface area contributed by atoms with E-state index in [1.54, 1.807) is 0 Å². The number of para-hydroxylation sites is 1. The van der Waals surface area contributed by atoms with E-state index in [1.165, 1.54) is 12.8 Å². The van der Waals surface area contributed by atoms with E-state index >= 15 is 0 Å². The highest BCUT2D eigenvalue weighted by Crippen LogP contribution is 2.31. The van der Waals surface area contributed by atoms with Gasteiger partial charge in [0.25, 0.3) is 0 Å². The molecule has 0 saturated carbocycles. The molecule has 2 nitrogen and oxygen atoms in total. The Morgan fingerprint density at radius 3 is 2.93 bits per heavy atom. The topological polar surface area (TPSA) is 32.3 Å². The Morgan fingerprint density at radius 1 is 1.36 bits per heavy atom. The minimum Gasteiger partial charge on any atom is -0.507 e. The van der Waals surface area contributed by atoms with Crippen LogP contribution in [-0.2, 0) is 0 Å². The highest BCUT2D eigenvalue weighted by Gasteiger charge is 2.17. The van der Waals surface area contributed by atoms with E-state index in [9.17, 15) is 5.11 Å². The smallest absolute Gasteiger partial charge is 0.123 e. The number of phenols is 1. The maximum atomic E-state index is 9.91. The zero-order chi connectivity index (χ0) is 9.97. The van der Waals surface area contributed by atoms with Crippen LogP contribution >= 0.6 is 0 Å². The summed E-state index contributed by atoms with van der Waals surface area (Å²) in [4.78, 5) is 0. The van der Waals surface area contributed by atoms with Gasteiger partial charge in [0.15, 0.2) is 0 Å². The van der Waals surface area contributed by atoms with Gasteiger partial charge in [0.05, 0.1) is 0 Å². The van der Waals surface area contributed by atoms with Crippen molar-refractivity contribution in [3.63, 3.8) is 0 Å². The minimum atomic E-state index is 0.351. The van der Waals surface area contributed by atoms with Gasteiger partial charge in [-0.25, -0.2) is 0 Å². The number of phenolic OH excluding ortho intramolecular Hbond substituents is 1. The van der Waals surface area contributed by atoms with Crippen molar-refractivity contribution in [2.75, 3.05) is 6.54 Å². The van der Waals surface area contributed by atoms with E-state index in [1.807, 2.05) is 25.1 Å². The van der Waals surface area contributed by atoms with Crippen molar-refractivity contribution in [1.82, 2.24) is 5.32 Å². The van der Waals surface area contributed by atoms with Crippen LogP contribution in [0.5, 0.6) is 5.75 Å². The second-order valence-electron chi connectivity index (χ2n) is 4.02. The van der Waals surface area contributed by atoms with Crippen LogP contribution in [0.3, 0.4) is 0 Å². The van der Waals surface area contributed by atoms with Gasteiger partial charge < -0.3 is 10.4 Å². The first-order valence-electron chi connectivity index (χ1n) is 5.31. The number of aromatic hydroxyl groups is 1. The molecule has 0 unspecified atom stereocenters. The van der Waals surface area contributed by atoms with Crippen molar-refractivity contribution >= 4 is 0 Å². The molecule has 1 aliphatic heterocycles. The average Bonchev–Trinajstić information content (AvgIpc) is 2.23. The summed E-state index contributed by atoms with van der Waals surface area (Å²) in [6.07, 6.45) is 3.64. The van der Waals surface area contributed by atoms with Crippen LogP contribution < -0.4 is 5.32 Å². The van der Waals surface area contributed by atoms with E-state index in [2.05, 4.69) is 5.32 Å². The molecule has 0 spiro atoms. The Labute approximate surface area is 85.0 Å². The van der Waals surface area contributed by atoms with Gasteiger partial charge in [-0.1, -0.05) is 24.6 Å². The first-order valence-corrected chi connectivity index (χ1v) is 5.31. The highest BCUT2D eigenvalue weighted by atomic mass is 16.3. The van der Waals surface area contributed by atoms with Gasteiger partial charge in [-0.15, -0.1) is 0 Å². The van der Waals surface area contributed by atoms with Crippen molar-refractivity contribution in [3.05, 3.63) is 29.3 Å². The lowest BCUT2D eigenvalue weighted by Gasteiger charge is -2.24. The molecule has 2 N–H and O–H groups in total. The quantitative estimate of drug-likeness (QED) is 0.715. The molecule has 0 aliphatic carbocycles. The number of aryl methyl sites for hydroxylation is 1. The average molecular weight is 191 g/mol. The molecule has 1 aromatic carbocycles. The molecule has 1 fully saturated rings. The van der Waals surface area contributed by atoms with Gasteiger partial charge in [0.1, 0.15) is 5.75 Å². The maximum Gasteiger partial charge on any atom is 0.123 e. The second kappa shape index (κ2) is 4.01. The summed E-state index contributed by atoms with van der Waals surface area (Å²) in [5.41, 5.74) is 2.03. The zero-order valence-electron chi connectivity index (χ0n) is 8.59. The predicted octanol–water partition coefficient (Wildman–Crippen LogP) is 2.52. The molecule has 1 saturated heterocycles. The number of benzene rings is 1. The van der Waals surface area contributed by atoms with Crippen LogP contribution in [0.15, 0.2) is 18.2 Å². The molecule has 1 heterocycles. The third kappa shape index (κ3) is 1.75. The van der Waals surface area contributed by atoms with E-state index < -0.39 is 0 Å². The number of hydrogen-bond acceptors (Lipinski definition) is 2. The molecule has 0 bridgehead atoms. The molecule has 0 radical (unpaired) electrons. The maximum absolute atomic E-state index is 9.91. The third-order valence-corrected chi connectivity index (χ3v) is 2.95. The molecular formula is C12H17NO. The summed E-state index contributed by atoms with van der Waals surface area (Å²) < 4.78 is 0. The molecule has 14 heavy (non-hydrogen) atoms. The van der Waals surface area contributed by atoms with Crippen LogP contribution in [0.1, 0.15) is 36.4 Å². The SMILES string of the molecule is Cc1cccc([C@@H]2CCCCN2)c1O.